The second-order valence-electron chi connectivity index (χ2n) is 3.80. The Morgan fingerprint density at radius 2 is 1.65 bits per heavy atom. The van der Waals surface area contributed by atoms with Crippen LogP contribution in [0.5, 0.6) is 0 Å². The van der Waals surface area contributed by atoms with Gasteiger partial charge < -0.3 is 0 Å². The zero-order chi connectivity index (χ0) is 12.3. The van der Waals surface area contributed by atoms with E-state index in [2.05, 4.69) is 15.9 Å². The summed E-state index contributed by atoms with van der Waals surface area (Å²) in [7, 11) is 0. The SMILES string of the molecule is Fc1cccc(C(Br)Cc2ccccc2)c1F. The third kappa shape index (κ3) is 2.91. The zero-order valence-electron chi connectivity index (χ0n) is 9.04. The second-order valence-corrected chi connectivity index (χ2v) is 4.91. The van der Waals surface area contributed by atoms with Gasteiger partial charge in [0.1, 0.15) is 0 Å². The van der Waals surface area contributed by atoms with Crippen molar-refractivity contribution in [3.63, 3.8) is 0 Å². The van der Waals surface area contributed by atoms with E-state index in [1.807, 2.05) is 30.3 Å². The Kier molecular flexibility index (Phi) is 3.89. The van der Waals surface area contributed by atoms with Crippen molar-refractivity contribution in [2.75, 3.05) is 0 Å². The van der Waals surface area contributed by atoms with E-state index >= 15 is 0 Å². The lowest BCUT2D eigenvalue weighted by atomic mass is 10.0. The minimum Gasteiger partial charge on any atom is -0.204 e. The highest BCUT2D eigenvalue weighted by atomic mass is 79.9. The third-order valence-corrected chi connectivity index (χ3v) is 3.39. The molecule has 0 heterocycles. The molecule has 0 aromatic heterocycles. The van der Waals surface area contributed by atoms with Crippen LogP contribution in [0.15, 0.2) is 48.5 Å². The van der Waals surface area contributed by atoms with Crippen LogP contribution in [0.1, 0.15) is 16.0 Å². The molecule has 0 amide bonds. The molecule has 2 rings (SSSR count). The molecule has 0 saturated heterocycles. The maximum Gasteiger partial charge on any atom is 0.163 e. The van der Waals surface area contributed by atoms with Gasteiger partial charge in [-0.25, -0.2) is 8.78 Å². The van der Waals surface area contributed by atoms with Gasteiger partial charge >= 0.3 is 0 Å². The van der Waals surface area contributed by atoms with Crippen LogP contribution in [0.3, 0.4) is 0 Å². The Hall–Kier alpha value is -1.22. The molecule has 0 aliphatic rings. The van der Waals surface area contributed by atoms with Crippen molar-refractivity contribution in [3.05, 3.63) is 71.3 Å². The van der Waals surface area contributed by atoms with Gasteiger partial charge in [0.25, 0.3) is 0 Å². The first-order chi connectivity index (χ1) is 8.18. The smallest absolute Gasteiger partial charge is 0.163 e. The molecular formula is C14H11BrF2. The molecule has 3 heteroatoms. The molecular weight excluding hydrogens is 286 g/mol. The van der Waals surface area contributed by atoms with E-state index in [4.69, 9.17) is 0 Å². The molecule has 1 unspecified atom stereocenters. The number of alkyl halides is 1. The van der Waals surface area contributed by atoms with Gasteiger partial charge in [-0.15, -0.1) is 0 Å². The van der Waals surface area contributed by atoms with E-state index in [1.54, 1.807) is 6.07 Å². The molecule has 0 spiro atoms. The maximum atomic E-state index is 13.5. The maximum absolute atomic E-state index is 13.5. The summed E-state index contributed by atoms with van der Waals surface area (Å²) >= 11 is 3.40. The van der Waals surface area contributed by atoms with Crippen molar-refractivity contribution in [2.45, 2.75) is 11.2 Å². The summed E-state index contributed by atoms with van der Waals surface area (Å²) in [4.78, 5) is -0.222. The highest BCUT2D eigenvalue weighted by Gasteiger charge is 2.15. The minimum atomic E-state index is -0.806. The van der Waals surface area contributed by atoms with Crippen LogP contribution in [-0.4, -0.2) is 0 Å². The van der Waals surface area contributed by atoms with Crippen molar-refractivity contribution in [1.82, 2.24) is 0 Å². The van der Waals surface area contributed by atoms with Crippen LogP contribution in [-0.2, 0) is 6.42 Å². The number of benzene rings is 2. The first-order valence-electron chi connectivity index (χ1n) is 5.30. The van der Waals surface area contributed by atoms with E-state index < -0.39 is 11.6 Å². The van der Waals surface area contributed by atoms with E-state index in [9.17, 15) is 8.78 Å². The molecule has 0 bridgehead atoms. The number of hydrogen-bond donors (Lipinski definition) is 0. The summed E-state index contributed by atoms with van der Waals surface area (Å²) < 4.78 is 26.6. The van der Waals surface area contributed by atoms with Gasteiger partial charge in [0.15, 0.2) is 11.6 Å². The largest absolute Gasteiger partial charge is 0.204 e. The third-order valence-electron chi connectivity index (χ3n) is 2.58. The highest BCUT2D eigenvalue weighted by molar-refractivity contribution is 9.09. The fraction of sp³-hybridized carbons (Fsp3) is 0.143. The van der Waals surface area contributed by atoms with Crippen LogP contribution in [0, 0.1) is 11.6 Å². The van der Waals surface area contributed by atoms with Gasteiger partial charge in [-0.3, -0.25) is 0 Å². The Morgan fingerprint density at radius 1 is 0.941 bits per heavy atom. The van der Waals surface area contributed by atoms with Gasteiger partial charge in [-0.05, 0) is 18.1 Å². The van der Waals surface area contributed by atoms with Crippen LogP contribution in [0.4, 0.5) is 8.78 Å². The van der Waals surface area contributed by atoms with E-state index in [0.29, 0.717) is 12.0 Å². The molecule has 0 radical (unpaired) electrons. The molecule has 2 aromatic carbocycles. The first kappa shape index (κ1) is 12.2. The fourth-order valence-corrected chi connectivity index (χ4v) is 2.42. The van der Waals surface area contributed by atoms with Gasteiger partial charge in [-0.2, -0.15) is 0 Å². The summed E-state index contributed by atoms with van der Waals surface area (Å²) in [6, 6.07) is 14.0. The van der Waals surface area contributed by atoms with Crippen molar-refractivity contribution in [1.29, 1.82) is 0 Å². The molecule has 2 aromatic rings. The summed E-state index contributed by atoms with van der Waals surface area (Å²) in [6.07, 6.45) is 0.626. The molecule has 0 N–H and O–H groups in total. The minimum absolute atomic E-state index is 0.222. The molecule has 88 valence electrons. The lowest BCUT2D eigenvalue weighted by Crippen LogP contribution is -2.00. The molecule has 0 fully saturated rings. The van der Waals surface area contributed by atoms with E-state index in [-0.39, 0.29) is 4.83 Å². The first-order valence-corrected chi connectivity index (χ1v) is 6.22. The van der Waals surface area contributed by atoms with Gasteiger partial charge in [0.05, 0.1) is 0 Å². The molecule has 0 aliphatic carbocycles. The quantitative estimate of drug-likeness (QED) is 0.724. The van der Waals surface area contributed by atoms with Crippen molar-refractivity contribution in [3.8, 4) is 0 Å². The molecule has 0 aliphatic heterocycles. The zero-order valence-corrected chi connectivity index (χ0v) is 10.6. The monoisotopic (exact) mass is 296 g/mol. The lowest BCUT2D eigenvalue weighted by Gasteiger charge is -2.11. The number of rotatable bonds is 3. The summed E-state index contributed by atoms with van der Waals surface area (Å²) in [6.45, 7) is 0. The Bertz CT molecular complexity index is 497. The Balaban J connectivity index is 2.20. The molecule has 17 heavy (non-hydrogen) atoms. The van der Waals surface area contributed by atoms with E-state index in [1.165, 1.54) is 6.07 Å². The second kappa shape index (κ2) is 5.41. The normalized spacial score (nSPS) is 12.4. The standard InChI is InChI=1S/C14H11BrF2/c15-12(9-10-5-2-1-3-6-10)11-7-4-8-13(16)14(11)17/h1-8,12H,9H2. The van der Waals surface area contributed by atoms with Crippen LogP contribution in [0.2, 0.25) is 0 Å². The summed E-state index contributed by atoms with van der Waals surface area (Å²) in [5.41, 5.74) is 1.44. The average molecular weight is 297 g/mol. The predicted octanol–water partition coefficient (Wildman–Crippen LogP) is 4.64. The lowest BCUT2D eigenvalue weighted by molar-refractivity contribution is 0.498. The predicted molar refractivity (Wildman–Crippen MR) is 68.2 cm³/mol. The van der Waals surface area contributed by atoms with Gasteiger partial charge in [0.2, 0.25) is 0 Å². The fourth-order valence-electron chi connectivity index (χ4n) is 1.69. The molecule has 1 atom stereocenters. The van der Waals surface area contributed by atoms with Crippen LogP contribution in [0.25, 0.3) is 0 Å². The van der Waals surface area contributed by atoms with Crippen molar-refractivity contribution in [2.24, 2.45) is 0 Å². The Morgan fingerprint density at radius 3 is 2.35 bits per heavy atom. The number of hydrogen-bond acceptors (Lipinski definition) is 0. The molecule has 0 saturated carbocycles. The summed E-state index contributed by atoms with van der Waals surface area (Å²) in [5, 5.41) is 0. The van der Waals surface area contributed by atoms with Crippen molar-refractivity contribution >= 4 is 15.9 Å². The topological polar surface area (TPSA) is 0 Å². The van der Waals surface area contributed by atoms with Gasteiger partial charge in [0, 0.05) is 10.4 Å². The molecule has 0 nitrogen and oxygen atoms in total. The van der Waals surface area contributed by atoms with Crippen LogP contribution < -0.4 is 0 Å². The highest BCUT2D eigenvalue weighted by Crippen LogP contribution is 2.29. The summed E-state index contributed by atoms with van der Waals surface area (Å²) in [5.74, 6) is -1.58. The van der Waals surface area contributed by atoms with Crippen LogP contribution >= 0.6 is 15.9 Å². The Labute approximate surface area is 107 Å². The number of halogens is 3. The van der Waals surface area contributed by atoms with E-state index in [0.717, 1.165) is 11.6 Å². The van der Waals surface area contributed by atoms with Gasteiger partial charge in [-0.1, -0.05) is 58.4 Å². The van der Waals surface area contributed by atoms with Crippen molar-refractivity contribution < 1.29 is 8.78 Å². The average Bonchev–Trinajstić information content (AvgIpc) is 2.34.